The number of benzene rings is 2. The quantitative estimate of drug-likeness (QED) is 0.413. The number of nitrogens with one attached hydrogen (secondary N) is 1. The summed E-state index contributed by atoms with van der Waals surface area (Å²) in [7, 11) is 0. The molecule has 4 rings (SSSR count). The Hall–Kier alpha value is -2.34. The van der Waals surface area contributed by atoms with E-state index in [2.05, 4.69) is 10.3 Å². The van der Waals surface area contributed by atoms with Gasteiger partial charge in [0.15, 0.2) is 5.16 Å². The van der Waals surface area contributed by atoms with Crippen molar-refractivity contribution in [1.29, 1.82) is 0 Å². The molecule has 1 aliphatic carbocycles. The van der Waals surface area contributed by atoms with E-state index in [-0.39, 0.29) is 17.2 Å². The summed E-state index contributed by atoms with van der Waals surface area (Å²) in [5.41, 5.74) is 0.628. The van der Waals surface area contributed by atoms with E-state index in [4.69, 9.17) is 0 Å². The third-order valence-electron chi connectivity index (χ3n) is 4.72. The van der Waals surface area contributed by atoms with Gasteiger partial charge in [-0.25, -0.2) is 4.98 Å². The lowest BCUT2D eigenvalue weighted by molar-refractivity contribution is -0.118. The first-order valence-electron chi connectivity index (χ1n) is 8.98. The van der Waals surface area contributed by atoms with Crippen molar-refractivity contribution in [2.75, 3.05) is 12.3 Å². The minimum atomic E-state index is -0.0517. The highest BCUT2D eigenvalue weighted by atomic mass is 32.2. The van der Waals surface area contributed by atoms with Crippen molar-refractivity contribution in [2.45, 2.75) is 31.5 Å². The molecule has 0 radical (unpaired) electrons. The monoisotopic (exact) mass is 367 g/mol. The first-order chi connectivity index (χ1) is 12.7. The molecule has 0 bridgehead atoms. The number of amides is 1. The van der Waals surface area contributed by atoms with Crippen LogP contribution in [-0.4, -0.2) is 27.8 Å². The molecule has 3 aromatic rings. The largest absolute Gasteiger partial charge is 0.355 e. The predicted molar refractivity (Wildman–Crippen MR) is 106 cm³/mol. The maximum absolute atomic E-state index is 12.9. The number of carbonyl (C=O) groups is 1. The van der Waals surface area contributed by atoms with Crippen LogP contribution in [0.3, 0.4) is 0 Å². The normalized spacial score (nSPS) is 14.0. The topological polar surface area (TPSA) is 64.0 Å². The van der Waals surface area contributed by atoms with Gasteiger partial charge in [-0.3, -0.25) is 14.2 Å². The number of carbonyl (C=O) groups excluding carboxylic acids is 1. The molecular weight excluding hydrogens is 346 g/mol. The zero-order valence-corrected chi connectivity index (χ0v) is 15.5. The molecule has 0 saturated heterocycles. The van der Waals surface area contributed by atoms with Crippen molar-refractivity contribution in [3.05, 3.63) is 46.8 Å². The van der Waals surface area contributed by atoms with Crippen LogP contribution in [0.1, 0.15) is 19.8 Å². The minimum Gasteiger partial charge on any atom is -0.355 e. The lowest BCUT2D eigenvalue weighted by Gasteiger charge is -2.12. The first kappa shape index (κ1) is 17.1. The van der Waals surface area contributed by atoms with Crippen LogP contribution < -0.4 is 10.9 Å². The average Bonchev–Trinajstić information content (AvgIpc) is 3.48. The molecular formula is C20H21N3O2S. The summed E-state index contributed by atoms with van der Waals surface area (Å²) in [6, 6.07) is 11.8. The second-order valence-corrected chi connectivity index (χ2v) is 7.64. The zero-order chi connectivity index (χ0) is 18.1. The van der Waals surface area contributed by atoms with E-state index in [9.17, 15) is 9.59 Å². The fourth-order valence-corrected chi connectivity index (χ4v) is 3.93. The van der Waals surface area contributed by atoms with E-state index < -0.39 is 0 Å². The number of hydrogen-bond donors (Lipinski definition) is 1. The van der Waals surface area contributed by atoms with Gasteiger partial charge in [-0.15, -0.1) is 0 Å². The molecule has 1 N–H and O–H groups in total. The van der Waals surface area contributed by atoms with Crippen LogP contribution in [0.5, 0.6) is 0 Å². The number of fused-ring (bicyclic) bond motifs is 2. The Morgan fingerprint density at radius 1 is 1.27 bits per heavy atom. The second kappa shape index (κ2) is 7.11. The van der Waals surface area contributed by atoms with E-state index in [0.29, 0.717) is 28.5 Å². The molecule has 1 saturated carbocycles. The predicted octanol–water partition coefficient (Wildman–Crippen LogP) is 3.19. The van der Waals surface area contributed by atoms with Crippen LogP contribution >= 0.6 is 11.8 Å². The summed E-state index contributed by atoms with van der Waals surface area (Å²) in [5, 5.41) is 6.25. The molecule has 1 aliphatic rings. The maximum Gasteiger partial charge on any atom is 0.262 e. The molecule has 26 heavy (non-hydrogen) atoms. The van der Waals surface area contributed by atoms with Gasteiger partial charge in [-0.2, -0.15) is 0 Å². The van der Waals surface area contributed by atoms with Gasteiger partial charge in [0.2, 0.25) is 5.91 Å². The van der Waals surface area contributed by atoms with Crippen LogP contribution in [0.2, 0.25) is 0 Å². The summed E-state index contributed by atoms with van der Waals surface area (Å²) < 4.78 is 1.65. The zero-order valence-electron chi connectivity index (χ0n) is 14.7. The third kappa shape index (κ3) is 3.46. The Morgan fingerprint density at radius 2 is 2.00 bits per heavy atom. The summed E-state index contributed by atoms with van der Waals surface area (Å²) in [6.07, 6.45) is 2.42. The standard InChI is InChI=1S/C20H21N3O2S/c1-2-23-19(25)16-9-14-5-3-4-6-15(14)10-17(16)22-20(23)26-12-18(24)21-11-13-7-8-13/h3-6,9-10,13H,2,7-8,11-12H2,1H3,(H,21,24). The maximum atomic E-state index is 12.9. The molecule has 134 valence electrons. The van der Waals surface area contributed by atoms with Gasteiger partial charge in [0.1, 0.15) is 0 Å². The van der Waals surface area contributed by atoms with Gasteiger partial charge in [-0.1, -0.05) is 36.0 Å². The molecule has 0 atom stereocenters. The fraction of sp³-hybridized carbons (Fsp3) is 0.350. The average molecular weight is 367 g/mol. The number of aromatic nitrogens is 2. The molecule has 0 aliphatic heterocycles. The molecule has 5 nitrogen and oxygen atoms in total. The van der Waals surface area contributed by atoms with E-state index in [1.807, 2.05) is 43.3 Å². The molecule has 1 heterocycles. The molecule has 1 aromatic heterocycles. The Balaban J connectivity index is 1.65. The van der Waals surface area contributed by atoms with Crippen LogP contribution in [0.4, 0.5) is 0 Å². The highest BCUT2D eigenvalue weighted by Gasteiger charge is 2.21. The Morgan fingerprint density at radius 3 is 2.69 bits per heavy atom. The second-order valence-electron chi connectivity index (χ2n) is 6.70. The smallest absolute Gasteiger partial charge is 0.262 e. The van der Waals surface area contributed by atoms with Gasteiger partial charge >= 0.3 is 0 Å². The van der Waals surface area contributed by atoms with E-state index in [1.54, 1.807) is 4.57 Å². The summed E-state index contributed by atoms with van der Waals surface area (Å²) in [6.45, 7) is 3.21. The van der Waals surface area contributed by atoms with E-state index >= 15 is 0 Å². The number of hydrogen-bond acceptors (Lipinski definition) is 4. The van der Waals surface area contributed by atoms with Crippen LogP contribution in [0, 0.1) is 5.92 Å². The first-order valence-corrected chi connectivity index (χ1v) is 9.97. The van der Waals surface area contributed by atoms with Gasteiger partial charge in [0.05, 0.1) is 16.7 Å². The van der Waals surface area contributed by atoms with E-state index in [0.717, 1.165) is 17.3 Å². The molecule has 1 amide bonds. The van der Waals surface area contributed by atoms with Crippen molar-refractivity contribution >= 4 is 39.3 Å². The van der Waals surface area contributed by atoms with Gasteiger partial charge in [-0.05, 0) is 48.6 Å². The van der Waals surface area contributed by atoms with Crippen molar-refractivity contribution in [2.24, 2.45) is 5.92 Å². The van der Waals surface area contributed by atoms with E-state index in [1.165, 1.54) is 24.6 Å². The lowest BCUT2D eigenvalue weighted by Crippen LogP contribution is -2.28. The summed E-state index contributed by atoms with van der Waals surface area (Å²) in [5.74, 6) is 0.931. The Kier molecular flexibility index (Phi) is 4.68. The number of thioether (sulfide) groups is 1. The van der Waals surface area contributed by atoms with Crippen LogP contribution in [0.15, 0.2) is 46.3 Å². The number of rotatable bonds is 6. The third-order valence-corrected chi connectivity index (χ3v) is 5.70. The molecule has 6 heteroatoms. The van der Waals surface area contributed by atoms with Gasteiger partial charge in [0.25, 0.3) is 5.56 Å². The molecule has 1 fully saturated rings. The minimum absolute atomic E-state index is 0.00240. The Labute approximate surface area is 155 Å². The van der Waals surface area contributed by atoms with Crippen molar-refractivity contribution in [3.63, 3.8) is 0 Å². The van der Waals surface area contributed by atoms with Crippen LogP contribution in [0.25, 0.3) is 21.7 Å². The van der Waals surface area contributed by atoms with Gasteiger partial charge in [0, 0.05) is 13.1 Å². The van der Waals surface area contributed by atoms with Crippen molar-refractivity contribution in [1.82, 2.24) is 14.9 Å². The summed E-state index contributed by atoms with van der Waals surface area (Å²) in [4.78, 5) is 29.6. The Bertz CT molecular complexity index is 1040. The summed E-state index contributed by atoms with van der Waals surface area (Å²) >= 11 is 1.33. The number of nitrogens with zero attached hydrogens (tertiary/aromatic N) is 2. The van der Waals surface area contributed by atoms with Gasteiger partial charge < -0.3 is 5.32 Å². The van der Waals surface area contributed by atoms with Crippen molar-refractivity contribution < 1.29 is 4.79 Å². The highest BCUT2D eigenvalue weighted by molar-refractivity contribution is 7.99. The fourth-order valence-electron chi connectivity index (χ4n) is 3.04. The molecule has 0 spiro atoms. The molecule has 2 aromatic carbocycles. The highest BCUT2D eigenvalue weighted by Crippen LogP contribution is 2.27. The van der Waals surface area contributed by atoms with Crippen LogP contribution in [-0.2, 0) is 11.3 Å². The molecule has 0 unspecified atom stereocenters. The SMILES string of the molecule is CCn1c(SCC(=O)NCC2CC2)nc2cc3ccccc3cc2c1=O. The lowest BCUT2D eigenvalue weighted by atomic mass is 10.1. The van der Waals surface area contributed by atoms with Crippen molar-refractivity contribution in [3.8, 4) is 0 Å².